The quantitative estimate of drug-likeness (QED) is 0.292. The van der Waals surface area contributed by atoms with Crippen LogP contribution in [0.25, 0.3) is 0 Å². The summed E-state index contributed by atoms with van der Waals surface area (Å²) in [5, 5.41) is 7.77. The summed E-state index contributed by atoms with van der Waals surface area (Å²) in [6.45, 7) is 2.41. The number of rotatable bonds is 11. The first-order valence-electron chi connectivity index (χ1n) is 8.10. The molecule has 0 saturated heterocycles. The van der Waals surface area contributed by atoms with Crippen molar-refractivity contribution in [2.45, 2.75) is 81.0 Å². The van der Waals surface area contributed by atoms with Crippen LogP contribution in [0.2, 0.25) is 9.88 Å². The Kier molecular flexibility index (Phi) is 42.7. The van der Waals surface area contributed by atoms with Crippen LogP contribution < -0.4 is 0 Å². The van der Waals surface area contributed by atoms with Crippen LogP contribution >= 0.6 is 0 Å². The van der Waals surface area contributed by atoms with Crippen molar-refractivity contribution in [1.29, 1.82) is 0 Å². The Hall–Kier alpha value is 1.46. The van der Waals surface area contributed by atoms with Crippen LogP contribution in [0.15, 0.2) is 0 Å². The first-order valence-corrected chi connectivity index (χ1v) is 15.0. The Morgan fingerprint density at radius 2 is 1.00 bits per heavy atom. The molecule has 0 aromatic rings. The molecule has 0 aliphatic heterocycles. The van der Waals surface area contributed by atoms with Crippen molar-refractivity contribution in [2.24, 2.45) is 0 Å². The molecule has 1 nitrogen and oxygen atoms in total. The van der Waals surface area contributed by atoms with E-state index < -0.39 is 0 Å². The molecule has 0 radical (unpaired) electrons. The summed E-state index contributed by atoms with van der Waals surface area (Å²) >= 11 is 9.43. The van der Waals surface area contributed by atoms with E-state index in [1.54, 1.807) is 0 Å². The SMILES string of the molecule is CCCCCCCCCCCC[S-].OCC[S-].[CH3][Sn+2][CH3]. The van der Waals surface area contributed by atoms with E-state index in [1.165, 1.54) is 64.2 Å². The molecule has 4 heteroatoms. The van der Waals surface area contributed by atoms with E-state index in [4.69, 9.17) is 17.7 Å². The zero-order valence-electron chi connectivity index (χ0n) is 14.0. The first-order chi connectivity index (χ1) is 9.74. The summed E-state index contributed by atoms with van der Waals surface area (Å²) in [6.07, 6.45) is 14.0. The van der Waals surface area contributed by atoms with Crippen molar-refractivity contribution in [3.8, 4) is 0 Å². The van der Waals surface area contributed by atoms with Crippen molar-refractivity contribution < 1.29 is 5.11 Å². The predicted octanol–water partition coefficient (Wildman–Crippen LogP) is 4.77. The van der Waals surface area contributed by atoms with Gasteiger partial charge < -0.3 is 30.4 Å². The third-order valence-corrected chi connectivity index (χ3v) is 3.06. The van der Waals surface area contributed by atoms with Crippen molar-refractivity contribution in [1.82, 2.24) is 0 Å². The van der Waals surface area contributed by atoms with Gasteiger partial charge >= 0.3 is 31.0 Å². The second-order valence-electron chi connectivity index (χ2n) is 4.81. The molecule has 0 aromatic heterocycles. The van der Waals surface area contributed by atoms with Gasteiger partial charge in [0.15, 0.2) is 0 Å². The molecule has 122 valence electrons. The van der Waals surface area contributed by atoms with Crippen LogP contribution in [0.1, 0.15) is 71.1 Å². The number of aliphatic hydroxyl groups is 1. The van der Waals surface area contributed by atoms with E-state index in [-0.39, 0.29) is 27.7 Å². The van der Waals surface area contributed by atoms with Crippen molar-refractivity contribution >= 4 is 46.4 Å². The van der Waals surface area contributed by atoms with E-state index in [1.807, 2.05) is 0 Å². The second kappa shape index (κ2) is 32.4. The molecular weight excluding hydrogens is 391 g/mol. The summed E-state index contributed by atoms with van der Waals surface area (Å²) in [4.78, 5) is 4.59. The van der Waals surface area contributed by atoms with Gasteiger partial charge in [-0.15, -0.1) is 0 Å². The van der Waals surface area contributed by atoms with Gasteiger partial charge in [0.05, 0.1) is 0 Å². The molecule has 0 spiro atoms. The molecule has 0 atom stereocenters. The fourth-order valence-electron chi connectivity index (χ4n) is 1.59. The van der Waals surface area contributed by atoms with Crippen LogP contribution in [0.5, 0.6) is 0 Å². The van der Waals surface area contributed by atoms with E-state index >= 15 is 0 Å². The molecule has 0 aromatic carbocycles. The average Bonchev–Trinajstić information content (AvgIpc) is 2.47. The van der Waals surface area contributed by atoms with E-state index in [0.717, 1.165) is 5.75 Å². The monoisotopic (exact) mass is 428 g/mol. The van der Waals surface area contributed by atoms with Crippen LogP contribution in [0.4, 0.5) is 0 Å². The predicted molar refractivity (Wildman–Crippen MR) is 101 cm³/mol. The molecule has 20 heavy (non-hydrogen) atoms. The van der Waals surface area contributed by atoms with Gasteiger partial charge in [-0.25, -0.2) is 0 Å². The fourth-order valence-corrected chi connectivity index (χ4v) is 1.79. The van der Waals surface area contributed by atoms with E-state index in [2.05, 4.69) is 29.4 Å². The normalized spacial score (nSPS) is 8.90. The van der Waals surface area contributed by atoms with Crippen LogP contribution in [0.3, 0.4) is 0 Å². The first kappa shape index (κ1) is 26.4. The van der Waals surface area contributed by atoms with Crippen molar-refractivity contribution in [2.75, 3.05) is 18.1 Å². The summed E-state index contributed by atoms with van der Waals surface area (Å²) in [5.41, 5.74) is 0. The topological polar surface area (TPSA) is 20.2 Å². The summed E-state index contributed by atoms with van der Waals surface area (Å²) in [5.74, 6) is 1.41. The molecule has 0 heterocycles. The Balaban J connectivity index is -0.000000343. The van der Waals surface area contributed by atoms with Crippen LogP contribution in [-0.2, 0) is 25.3 Å². The molecule has 0 fully saturated rings. The maximum absolute atomic E-state index is 7.77. The van der Waals surface area contributed by atoms with E-state index in [0.29, 0.717) is 5.75 Å². The van der Waals surface area contributed by atoms with E-state index in [9.17, 15) is 0 Å². The number of unbranched alkanes of at least 4 members (excludes halogenated alkanes) is 9. The molecule has 0 amide bonds. The number of aliphatic hydroxyl groups excluding tert-OH is 1. The average molecular weight is 427 g/mol. The number of hydrogen-bond donors (Lipinski definition) is 1. The second-order valence-corrected chi connectivity index (χ2v) is 8.48. The molecule has 0 saturated carbocycles. The standard InChI is InChI=1S/C12H26S.C2H6OS.2CH3.Sn/c1-2-3-4-5-6-7-8-9-10-11-12-13;3-1-2-4;;;/h13H,2-12H2,1H3;3-4H,1-2H2;2*1H3;/q;;;;+2/p-2. The molecule has 1 N–H and O–H groups in total. The van der Waals surface area contributed by atoms with Gasteiger partial charge in [0, 0.05) is 6.61 Å². The molecule has 0 aliphatic carbocycles. The summed E-state index contributed by atoms with van der Waals surface area (Å²) < 4.78 is 0. The van der Waals surface area contributed by atoms with Gasteiger partial charge in [-0.2, -0.15) is 11.5 Å². The minimum absolute atomic E-state index is 0.134. The number of hydrogen-bond acceptors (Lipinski definition) is 3. The van der Waals surface area contributed by atoms with Gasteiger partial charge in [0.1, 0.15) is 0 Å². The third kappa shape index (κ3) is 42.7. The van der Waals surface area contributed by atoms with Gasteiger partial charge in [0.25, 0.3) is 0 Å². The van der Waals surface area contributed by atoms with Gasteiger partial charge in [-0.3, -0.25) is 0 Å². The zero-order chi connectivity index (χ0) is 15.9. The fraction of sp³-hybridized carbons (Fsp3) is 1.00. The zero-order valence-corrected chi connectivity index (χ0v) is 18.4. The molecule has 0 unspecified atom stereocenters. The molecular formula is C16H36OS2Sn. The van der Waals surface area contributed by atoms with Crippen LogP contribution in [-0.4, -0.2) is 44.4 Å². The molecule has 0 rings (SSSR count). The summed E-state index contributed by atoms with van der Waals surface area (Å²) in [7, 11) is 0. The van der Waals surface area contributed by atoms with Crippen LogP contribution in [0, 0.1) is 0 Å². The Morgan fingerprint density at radius 1 is 0.700 bits per heavy atom. The Morgan fingerprint density at radius 3 is 1.25 bits per heavy atom. The van der Waals surface area contributed by atoms with Gasteiger partial charge in [0.2, 0.25) is 0 Å². The van der Waals surface area contributed by atoms with Gasteiger partial charge in [-0.1, -0.05) is 71.1 Å². The summed E-state index contributed by atoms with van der Waals surface area (Å²) in [6, 6.07) is 0. The molecule has 0 aliphatic rings. The van der Waals surface area contributed by atoms with Gasteiger partial charge in [-0.05, 0) is 0 Å². The maximum atomic E-state index is 7.77. The minimum atomic E-state index is 0.134. The van der Waals surface area contributed by atoms with Crippen molar-refractivity contribution in [3.05, 3.63) is 0 Å². The Labute approximate surface area is 150 Å². The third-order valence-electron chi connectivity index (χ3n) is 2.59. The Bertz CT molecular complexity index is 115. The molecule has 0 bridgehead atoms. The van der Waals surface area contributed by atoms with Crippen molar-refractivity contribution in [3.63, 3.8) is 0 Å².